The Kier molecular flexibility index (Phi) is 7.49. The van der Waals surface area contributed by atoms with Crippen molar-refractivity contribution in [1.29, 1.82) is 0 Å². The summed E-state index contributed by atoms with van der Waals surface area (Å²) < 4.78 is 5.46. The summed E-state index contributed by atoms with van der Waals surface area (Å²) in [4.78, 5) is 0. The third-order valence-corrected chi connectivity index (χ3v) is 3.80. The van der Waals surface area contributed by atoms with Gasteiger partial charge in [-0.05, 0) is 44.1 Å². The van der Waals surface area contributed by atoms with Crippen molar-refractivity contribution < 1.29 is 4.74 Å². The molecule has 0 radical (unpaired) electrons. The van der Waals surface area contributed by atoms with Gasteiger partial charge in [-0.1, -0.05) is 6.92 Å². The Balaban J connectivity index is 2.09. The van der Waals surface area contributed by atoms with Gasteiger partial charge in [-0.25, -0.2) is 0 Å². The van der Waals surface area contributed by atoms with E-state index in [0.29, 0.717) is 12.1 Å². The van der Waals surface area contributed by atoms with Gasteiger partial charge < -0.3 is 10.1 Å². The number of ether oxygens (including phenoxy) is 1. The molecule has 1 aliphatic heterocycles. The molecule has 0 spiro atoms. The fourth-order valence-corrected chi connectivity index (χ4v) is 2.77. The third kappa shape index (κ3) is 6.44. The van der Waals surface area contributed by atoms with Crippen molar-refractivity contribution in [3.8, 4) is 0 Å². The van der Waals surface area contributed by atoms with Crippen LogP contribution >= 0.6 is 11.8 Å². The second-order valence-corrected chi connectivity index (χ2v) is 5.69. The fourth-order valence-electron chi connectivity index (χ4n) is 1.96. The van der Waals surface area contributed by atoms with E-state index in [0.717, 1.165) is 13.2 Å². The van der Waals surface area contributed by atoms with Crippen molar-refractivity contribution in [2.24, 2.45) is 0 Å². The summed E-state index contributed by atoms with van der Waals surface area (Å²) in [6, 6.07) is 1.35. The lowest BCUT2D eigenvalue weighted by atomic mass is 10.1. The Hall–Kier alpha value is 0.270. The highest BCUT2D eigenvalue weighted by Gasteiger charge is 2.14. The van der Waals surface area contributed by atoms with Crippen molar-refractivity contribution in [2.45, 2.75) is 51.6 Å². The molecule has 3 heteroatoms. The van der Waals surface area contributed by atoms with Crippen LogP contribution in [0.1, 0.15) is 39.5 Å². The van der Waals surface area contributed by atoms with E-state index >= 15 is 0 Å². The summed E-state index contributed by atoms with van der Waals surface area (Å²) in [5.74, 6) is 2.53. The van der Waals surface area contributed by atoms with Crippen LogP contribution in [0.25, 0.3) is 0 Å². The van der Waals surface area contributed by atoms with Crippen LogP contribution in [0, 0.1) is 0 Å². The van der Waals surface area contributed by atoms with E-state index < -0.39 is 0 Å². The topological polar surface area (TPSA) is 21.3 Å². The molecule has 1 aliphatic rings. The van der Waals surface area contributed by atoms with Crippen molar-refractivity contribution in [1.82, 2.24) is 5.32 Å². The minimum Gasteiger partial charge on any atom is -0.381 e. The van der Waals surface area contributed by atoms with E-state index in [1.54, 1.807) is 0 Å². The number of thioether (sulfide) groups is 1. The first kappa shape index (κ1) is 13.3. The van der Waals surface area contributed by atoms with Gasteiger partial charge >= 0.3 is 0 Å². The fraction of sp³-hybridized carbons (Fsp3) is 1.00. The molecule has 90 valence electrons. The SMILES string of the molecule is CCSCCC(C)NC1CCCOCC1. The first-order chi connectivity index (χ1) is 7.33. The maximum Gasteiger partial charge on any atom is 0.0480 e. The van der Waals surface area contributed by atoms with Crippen LogP contribution in [0.4, 0.5) is 0 Å². The van der Waals surface area contributed by atoms with E-state index in [1.165, 1.54) is 37.2 Å². The average Bonchev–Trinajstić information content (AvgIpc) is 2.47. The Morgan fingerprint density at radius 3 is 3.07 bits per heavy atom. The molecule has 1 rings (SSSR count). The summed E-state index contributed by atoms with van der Waals surface area (Å²) in [5, 5.41) is 3.72. The van der Waals surface area contributed by atoms with Crippen LogP contribution in [0.2, 0.25) is 0 Å². The lowest BCUT2D eigenvalue weighted by molar-refractivity contribution is 0.142. The summed E-state index contributed by atoms with van der Waals surface area (Å²) >= 11 is 2.04. The zero-order valence-electron chi connectivity index (χ0n) is 10.1. The van der Waals surface area contributed by atoms with Gasteiger partial charge in [-0.15, -0.1) is 0 Å². The number of rotatable bonds is 6. The molecule has 0 aliphatic carbocycles. The highest BCUT2D eigenvalue weighted by Crippen LogP contribution is 2.11. The first-order valence-electron chi connectivity index (χ1n) is 6.24. The molecule has 0 aromatic rings. The second kappa shape index (κ2) is 8.43. The summed E-state index contributed by atoms with van der Waals surface area (Å²) in [6.45, 7) is 6.43. The monoisotopic (exact) mass is 231 g/mol. The van der Waals surface area contributed by atoms with Crippen molar-refractivity contribution >= 4 is 11.8 Å². The number of hydrogen-bond acceptors (Lipinski definition) is 3. The predicted molar refractivity (Wildman–Crippen MR) is 68.7 cm³/mol. The van der Waals surface area contributed by atoms with Crippen molar-refractivity contribution in [2.75, 3.05) is 24.7 Å². The number of nitrogens with one attached hydrogen (secondary N) is 1. The van der Waals surface area contributed by atoms with Crippen LogP contribution in [-0.2, 0) is 4.74 Å². The average molecular weight is 231 g/mol. The van der Waals surface area contributed by atoms with E-state index in [4.69, 9.17) is 4.74 Å². The predicted octanol–water partition coefficient (Wildman–Crippen LogP) is 2.68. The minimum absolute atomic E-state index is 0.659. The molecule has 0 bridgehead atoms. The molecule has 0 saturated carbocycles. The maximum absolute atomic E-state index is 5.46. The van der Waals surface area contributed by atoms with Gasteiger partial charge in [0.05, 0.1) is 0 Å². The molecule has 2 unspecified atom stereocenters. The normalized spacial score (nSPS) is 24.8. The molecule has 1 heterocycles. The van der Waals surface area contributed by atoms with Crippen molar-refractivity contribution in [3.63, 3.8) is 0 Å². The third-order valence-electron chi connectivity index (χ3n) is 2.87. The Morgan fingerprint density at radius 2 is 2.27 bits per heavy atom. The van der Waals surface area contributed by atoms with E-state index in [9.17, 15) is 0 Å². The zero-order valence-corrected chi connectivity index (χ0v) is 10.9. The highest BCUT2D eigenvalue weighted by molar-refractivity contribution is 7.99. The van der Waals surface area contributed by atoms with Gasteiger partial charge in [-0.3, -0.25) is 0 Å². The standard InChI is InChI=1S/C12H25NOS/c1-3-15-10-7-11(2)13-12-5-4-8-14-9-6-12/h11-13H,3-10H2,1-2H3. The molecule has 0 aromatic heterocycles. The maximum atomic E-state index is 5.46. The van der Waals surface area contributed by atoms with Gasteiger partial charge in [0.15, 0.2) is 0 Å². The quantitative estimate of drug-likeness (QED) is 0.710. The molecular weight excluding hydrogens is 206 g/mol. The van der Waals surface area contributed by atoms with Gasteiger partial charge in [-0.2, -0.15) is 11.8 Å². The Labute approximate surface area is 98.5 Å². The first-order valence-corrected chi connectivity index (χ1v) is 7.40. The van der Waals surface area contributed by atoms with Crippen LogP contribution in [0.15, 0.2) is 0 Å². The summed E-state index contributed by atoms with van der Waals surface area (Å²) in [6.07, 6.45) is 4.97. The molecule has 1 N–H and O–H groups in total. The summed E-state index contributed by atoms with van der Waals surface area (Å²) in [7, 11) is 0. The lowest BCUT2D eigenvalue weighted by Gasteiger charge is -2.21. The molecule has 0 amide bonds. The van der Waals surface area contributed by atoms with Crippen LogP contribution < -0.4 is 5.32 Å². The second-order valence-electron chi connectivity index (χ2n) is 4.29. The molecule has 2 atom stereocenters. The van der Waals surface area contributed by atoms with E-state index in [-0.39, 0.29) is 0 Å². The number of hydrogen-bond donors (Lipinski definition) is 1. The molecule has 0 aromatic carbocycles. The van der Waals surface area contributed by atoms with Crippen LogP contribution in [0.3, 0.4) is 0 Å². The smallest absolute Gasteiger partial charge is 0.0480 e. The highest BCUT2D eigenvalue weighted by atomic mass is 32.2. The molecule has 2 nitrogen and oxygen atoms in total. The van der Waals surface area contributed by atoms with Crippen molar-refractivity contribution in [3.05, 3.63) is 0 Å². The van der Waals surface area contributed by atoms with Crippen LogP contribution in [0.5, 0.6) is 0 Å². The molecule has 1 fully saturated rings. The van der Waals surface area contributed by atoms with Gasteiger partial charge in [0.2, 0.25) is 0 Å². The Morgan fingerprint density at radius 1 is 1.40 bits per heavy atom. The molecule has 15 heavy (non-hydrogen) atoms. The molecular formula is C12H25NOS. The Bertz CT molecular complexity index is 147. The van der Waals surface area contributed by atoms with Gasteiger partial charge in [0.1, 0.15) is 0 Å². The lowest BCUT2D eigenvalue weighted by Crippen LogP contribution is -2.37. The van der Waals surface area contributed by atoms with E-state index in [2.05, 4.69) is 19.2 Å². The van der Waals surface area contributed by atoms with E-state index in [1.807, 2.05) is 11.8 Å². The summed E-state index contributed by atoms with van der Waals surface area (Å²) in [5.41, 5.74) is 0. The van der Waals surface area contributed by atoms with Gasteiger partial charge in [0.25, 0.3) is 0 Å². The molecule has 1 saturated heterocycles. The largest absolute Gasteiger partial charge is 0.381 e. The minimum atomic E-state index is 0.659. The van der Waals surface area contributed by atoms with Crippen LogP contribution in [-0.4, -0.2) is 36.8 Å². The zero-order chi connectivity index (χ0) is 10.9. The van der Waals surface area contributed by atoms with Gasteiger partial charge in [0, 0.05) is 25.3 Å².